The van der Waals surface area contributed by atoms with Crippen molar-refractivity contribution < 1.29 is 0 Å². The molecule has 22 aromatic rings. The molecule has 0 unspecified atom stereocenters. The van der Waals surface area contributed by atoms with Crippen molar-refractivity contribution in [3.8, 4) is 111 Å². The molecule has 0 radical (unpaired) electrons. The average Bonchev–Trinajstić information content (AvgIpc) is 1.24. The fraction of sp³-hybridized carbons (Fsp3) is 0.0270. The minimum atomic E-state index is -0.0853. The monoisotopic (exact) mass is 1500 g/mol. The van der Waals surface area contributed by atoms with Crippen molar-refractivity contribution in [3.05, 3.63) is 424 Å². The molecule has 23 rings (SSSR count). The Morgan fingerprint density at radius 1 is 0.158 bits per heavy atom. The van der Waals surface area contributed by atoms with Crippen molar-refractivity contribution in [2.45, 2.75) is 19.3 Å². The van der Waals surface area contributed by atoms with Crippen molar-refractivity contribution in [1.82, 2.24) is 0 Å². The van der Waals surface area contributed by atoms with Gasteiger partial charge in [-0.1, -0.05) is 354 Å². The maximum atomic E-state index is 2.42. The van der Waals surface area contributed by atoms with Crippen molar-refractivity contribution in [1.29, 1.82) is 0 Å². The molecule has 114 heavy (non-hydrogen) atoms. The molecule has 536 valence electrons. The van der Waals surface area contributed by atoms with Crippen molar-refractivity contribution >= 4 is 127 Å². The van der Waals surface area contributed by atoms with E-state index in [1.165, 1.54) is 215 Å². The Balaban J connectivity index is 0.000000108. The normalized spacial score (nSPS) is 12.2. The molecule has 1 aliphatic rings. The number of thiophene rings is 3. The zero-order valence-electron chi connectivity index (χ0n) is 63.0. The summed E-state index contributed by atoms with van der Waals surface area (Å²) >= 11 is 5.67. The van der Waals surface area contributed by atoms with Crippen LogP contribution in [-0.2, 0) is 5.41 Å². The molecule has 19 aromatic carbocycles. The van der Waals surface area contributed by atoms with E-state index in [-0.39, 0.29) is 5.41 Å². The van der Waals surface area contributed by atoms with Gasteiger partial charge in [-0.15, -0.1) is 34.0 Å². The first-order chi connectivity index (χ1) is 56.3. The number of benzene rings is 19. The molecule has 0 saturated carbocycles. The van der Waals surface area contributed by atoms with E-state index in [0.29, 0.717) is 0 Å². The van der Waals surface area contributed by atoms with E-state index in [9.17, 15) is 0 Å². The van der Waals surface area contributed by atoms with Crippen molar-refractivity contribution in [2.24, 2.45) is 0 Å². The molecule has 0 atom stereocenters. The maximum absolute atomic E-state index is 2.42. The first-order valence-corrected chi connectivity index (χ1v) is 41.7. The van der Waals surface area contributed by atoms with E-state index in [2.05, 4.69) is 426 Å². The van der Waals surface area contributed by atoms with E-state index in [1.807, 2.05) is 34.0 Å². The molecular weight excluding hydrogens is 1430 g/mol. The first-order valence-electron chi connectivity index (χ1n) is 39.2. The SMILES string of the molecule is CC1(C)c2ccccc2-c2cc(-c3ccccc3)cc(-c3cccc(-c4cccc5c4sc4ccccc45)c3)c21.c1cc(-c2ccc3c4ccccc4c4ccccc4c3c2)cc(-c2cccc3c2sc2ccccc23)c1.c1ccc(-c2cc(-c3ccccc3)cc(-c3cccc(-c4cccc5c4sc4ccccc45)c3)c2)cc1. The largest absolute Gasteiger partial charge is 0.135 e. The Bertz CT molecular complexity index is 7400. The van der Waals surface area contributed by atoms with Crippen molar-refractivity contribution in [2.75, 3.05) is 0 Å². The fourth-order valence-electron chi connectivity index (χ4n) is 17.9. The Hall–Kier alpha value is -13.4. The van der Waals surface area contributed by atoms with Gasteiger partial charge in [0.15, 0.2) is 0 Å². The van der Waals surface area contributed by atoms with Crippen LogP contribution in [0.3, 0.4) is 0 Å². The van der Waals surface area contributed by atoms with Gasteiger partial charge in [-0.2, -0.15) is 0 Å². The highest BCUT2D eigenvalue weighted by molar-refractivity contribution is 7.27. The van der Waals surface area contributed by atoms with Gasteiger partial charge in [0.1, 0.15) is 0 Å². The third-order valence-corrected chi connectivity index (χ3v) is 27.0. The van der Waals surface area contributed by atoms with Gasteiger partial charge in [-0.3, -0.25) is 0 Å². The van der Waals surface area contributed by atoms with Crippen LogP contribution in [0.15, 0.2) is 413 Å². The third-order valence-electron chi connectivity index (χ3n) is 23.4. The van der Waals surface area contributed by atoms with Crippen LogP contribution in [0.2, 0.25) is 0 Å². The Labute approximate surface area is 675 Å². The smallest absolute Gasteiger partial charge is 0.0433 e. The summed E-state index contributed by atoms with van der Waals surface area (Å²) in [6, 6.07) is 151. The lowest BCUT2D eigenvalue weighted by Gasteiger charge is -2.25. The Morgan fingerprint density at radius 2 is 0.430 bits per heavy atom. The van der Waals surface area contributed by atoms with Gasteiger partial charge in [0.25, 0.3) is 0 Å². The standard InChI is InChI=1S/C39H28S.C36H22S.C36H24S/c1-39(2)35-20-8-6-16-30(35)34-24-28(25-12-4-3-5-13-25)23-33(37(34)39)27-15-10-14-26(22-27)29-18-11-19-32-31-17-7-9-21-36(31)40-38(29)32;1-2-13-29-27(11-1)28-12-3-4-14-30(28)34-22-24(19-20-31(29)34)23-9-7-10-25(21-23)26-16-8-17-33-32-15-5-6-18-35(32)37-36(26)33;1-3-11-25(12-4-1)29-22-30(26-13-5-2-6-14-26)24-31(23-29)27-15-9-16-28(21-27)32-18-10-19-34-33-17-7-8-20-35(33)37-36(32)34/h3-24H,1-2H3;1-22H;1-24H. The molecule has 0 bridgehead atoms. The molecule has 3 heteroatoms. The first kappa shape index (κ1) is 68.6. The number of hydrogen-bond acceptors (Lipinski definition) is 3. The van der Waals surface area contributed by atoms with Crippen LogP contribution in [0.25, 0.3) is 204 Å². The van der Waals surface area contributed by atoms with E-state index in [4.69, 9.17) is 0 Å². The van der Waals surface area contributed by atoms with Crippen LogP contribution in [0, 0.1) is 0 Å². The summed E-state index contributed by atoms with van der Waals surface area (Å²) < 4.78 is 8.09. The van der Waals surface area contributed by atoms with Crippen LogP contribution in [-0.4, -0.2) is 0 Å². The predicted molar refractivity (Wildman–Crippen MR) is 497 cm³/mol. The molecule has 1 aliphatic carbocycles. The quantitative estimate of drug-likeness (QED) is 0.126. The van der Waals surface area contributed by atoms with Crippen LogP contribution in [0.1, 0.15) is 25.0 Å². The van der Waals surface area contributed by atoms with Crippen LogP contribution in [0.5, 0.6) is 0 Å². The van der Waals surface area contributed by atoms with E-state index < -0.39 is 0 Å². The summed E-state index contributed by atoms with van der Waals surface area (Å²) in [7, 11) is 0. The second-order valence-electron chi connectivity index (χ2n) is 30.4. The molecule has 0 fully saturated rings. The Morgan fingerprint density at radius 3 is 0.877 bits per heavy atom. The molecule has 0 saturated heterocycles. The summed E-state index contributed by atoms with van der Waals surface area (Å²) in [4.78, 5) is 0. The summed E-state index contributed by atoms with van der Waals surface area (Å²) in [5, 5.41) is 15.9. The molecule has 3 heterocycles. The zero-order chi connectivity index (χ0) is 75.8. The summed E-state index contributed by atoms with van der Waals surface area (Å²) in [5.74, 6) is 0. The minimum Gasteiger partial charge on any atom is -0.135 e. The van der Waals surface area contributed by atoms with Gasteiger partial charge in [-0.05, 0) is 228 Å². The zero-order valence-corrected chi connectivity index (χ0v) is 65.4. The van der Waals surface area contributed by atoms with Crippen LogP contribution in [0.4, 0.5) is 0 Å². The highest BCUT2D eigenvalue weighted by Crippen LogP contribution is 2.55. The lowest BCUT2D eigenvalue weighted by molar-refractivity contribution is 0.662. The minimum absolute atomic E-state index is 0.0853. The van der Waals surface area contributed by atoms with Gasteiger partial charge < -0.3 is 0 Å². The van der Waals surface area contributed by atoms with Gasteiger partial charge in [0.2, 0.25) is 0 Å². The van der Waals surface area contributed by atoms with E-state index in [1.54, 1.807) is 0 Å². The van der Waals surface area contributed by atoms with Gasteiger partial charge >= 0.3 is 0 Å². The predicted octanol–water partition coefficient (Wildman–Crippen LogP) is 32.9. The number of rotatable bonds is 9. The van der Waals surface area contributed by atoms with Crippen LogP contribution >= 0.6 is 34.0 Å². The van der Waals surface area contributed by atoms with Crippen LogP contribution < -0.4 is 0 Å². The second-order valence-corrected chi connectivity index (χ2v) is 33.6. The summed E-state index contributed by atoms with van der Waals surface area (Å²) in [5.41, 5.74) is 28.1. The number of fused-ring (bicyclic) bond motifs is 18. The third kappa shape index (κ3) is 12.2. The second kappa shape index (κ2) is 28.7. The molecule has 0 amide bonds. The summed E-state index contributed by atoms with van der Waals surface area (Å²) in [6.07, 6.45) is 0. The lowest BCUT2D eigenvalue weighted by atomic mass is 9.78. The topological polar surface area (TPSA) is 0 Å². The molecule has 0 aliphatic heterocycles. The highest BCUT2D eigenvalue weighted by Gasteiger charge is 2.38. The molecule has 0 N–H and O–H groups in total. The lowest BCUT2D eigenvalue weighted by Crippen LogP contribution is -2.16. The molecular formula is C111H74S3. The van der Waals surface area contributed by atoms with Crippen molar-refractivity contribution in [3.63, 3.8) is 0 Å². The molecule has 0 nitrogen and oxygen atoms in total. The molecule has 0 spiro atoms. The highest BCUT2D eigenvalue weighted by atomic mass is 32.1. The Kier molecular flexibility index (Phi) is 17.3. The van der Waals surface area contributed by atoms with Gasteiger partial charge in [0, 0.05) is 65.9 Å². The van der Waals surface area contributed by atoms with E-state index in [0.717, 1.165) is 0 Å². The number of hydrogen-bond donors (Lipinski definition) is 0. The van der Waals surface area contributed by atoms with Gasteiger partial charge in [-0.25, -0.2) is 0 Å². The van der Waals surface area contributed by atoms with Gasteiger partial charge in [0.05, 0.1) is 0 Å². The molecule has 3 aromatic heterocycles. The summed E-state index contributed by atoms with van der Waals surface area (Å²) in [6.45, 7) is 4.76. The average molecular weight is 1500 g/mol. The fourth-order valence-corrected chi connectivity index (χ4v) is 21.7. The van der Waals surface area contributed by atoms with E-state index >= 15 is 0 Å². The maximum Gasteiger partial charge on any atom is 0.0433 e.